The zero-order valence-corrected chi connectivity index (χ0v) is 10.5. The van der Waals surface area contributed by atoms with Crippen LogP contribution in [0.4, 0.5) is 0 Å². The molecule has 0 unspecified atom stereocenters. The van der Waals surface area contributed by atoms with Crippen molar-refractivity contribution < 1.29 is 9.53 Å². The number of rotatable bonds is 2. The first-order chi connectivity index (χ1) is 8.15. The zero-order chi connectivity index (χ0) is 12.3. The van der Waals surface area contributed by atoms with E-state index in [1.54, 1.807) is 6.92 Å². The maximum atomic E-state index is 11.2. The number of hydrogen-bond acceptors (Lipinski definition) is 2. The lowest BCUT2D eigenvalue weighted by Crippen LogP contribution is -2.40. The summed E-state index contributed by atoms with van der Waals surface area (Å²) in [5, 5.41) is 0. The molecule has 0 atom stereocenters. The summed E-state index contributed by atoms with van der Waals surface area (Å²) in [6.45, 7) is 5.31. The molecule has 0 N–H and O–H groups in total. The Morgan fingerprint density at radius 2 is 1.82 bits per heavy atom. The molecular formula is C14H19NO2. The van der Waals surface area contributed by atoms with Gasteiger partial charge in [0, 0.05) is 32.9 Å². The molecule has 0 saturated carbocycles. The van der Waals surface area contributed by atoms with E-state index in [9.17, 15) is 4.79 Å². The SMILES string of the molecule is CC(=O)N1CCC(Oc2ccc(C)cc2)CC1. The van der Waals surface area contributed by atoms with Crippen LogP contribution < -0.4 is 4.74 Å². The largest absolute Gasteiger partial charge is 0.490 e. The highest BCUT2D eigenvalue weighted by Gasteiger charge is 2.21. The third kappa shape index (κ3) is 3.22. The number of benzene rings is 1. The molecule has 1 amide bonds. The van der Waals surface area contributed by atoms with Crippen LogP contribution in [0.3, 0.4) is 0 Å². The van der Waals surface area contributed by atoms with E-state index >= 15 is 0 Å². The van der Waals surface area contributed by atoms with Gasteiger partial charge in [0.25, 0.3) is 0 Å². The van der Waals surface area contributed by atoms with Crippen LogP contribution in [0.25, 0.3) is 0 Å². The van der Waals surface area contributed by atoms with Crippen LogP contribution in [0.5, 0.6) is 5.75 Å². The standard InChI is InChI=1S/C14H19NO2/c1-11-3-5-13(6-4-11)17-14-7-9-15(10-8-14)12(2)16/h3-6,14H,7-10H2,1-2H3. The molecule has 0 bridgehead atoms. The first kappa shape index (κ1) is 12.0. The Hall–Kier alpha value is -1.51. The van der Waals surface area contributed by atoms with Gasteiger partial charge in [-0.05, 0) is 19.1 Å². The summed E-state index contributed by atoms with van der Waals surface area (Å²) in [5.74, 6) is 1.09. The smallest absolute Gasteiger partial charge is 0.219 e. The van der Waals surface area contributed by atoms with E-state index in [0.29, 0.717) is 0 Å². The van der Waals surface area contributed by atoms with Crippen molar-refractivity contribution >= 4 is 5.91 Å². The monoisotopic (exact) mass is 233 g/mol. The van der Waals surface area contributed by atoms with Gasteiger partial charge in [-0.25, -0.2) is 0 Å². The Labute approximate surface area is 102 Å². The summed E-state index contributed by atoms with van der Waals surface area (Å²) in [6, 6.07) is 8.12. The van der Waals surface area contributed by atoms with Gasteiger partial charge in [0.05, 0.1) is 0 Å². The van der Waals surface area contributed by atoms with E-state index in [1.165, 1.54) is 5.56 Å². The average molecular weight is 233 g/mol. The van der Waals surface area contributed by atoms with Crippen LogP contribution in [0.15, 0.2) is 24.3 Å². The molecule has 1 fully saturated rings. The molecule has 0 aromatic heterocycles. The summed E-state index contributed by atoms with van der Waals surface area (Å²) in [4.78, 5) is 13.1. The molecule has 0 radical (unpaired) electrons. The zero-order valence-electron chi connectivity index (χ0n) is 10.5. The van der Waals surface area contributed by atoms with E-state index in [0.717, 1.165) is 31.7 Å². The normalized spacial score (nSPS) is 16.9. The van der Waals surface area contributed by atoms with Gasteiger partial charge in [-0.2, -0.15) is 0 Å². The second-order valence-corrected chi connectivity index (χ2v) is 4.64. The number of aryl methyl sites for hydroxylation is 1. The van der Waals surface area contributed by atoms with Crippen molar-refractivity contribution in [3.8, 4) is 5.75 Å². The van der Waals surface area contributed by atoms with Crippen molar-refractivity contribution in [2.24, 2.45) is 0 Å². The van der Waals surface area contributed by atoms with Crippen molar-refractivity contribution in [2.45, 2.75) is 32.8 Å². The number of likely N-dealkylation sites (tertiary alicyclic amines) is 1. The van der Waals surface area contributed by atoms with Crippen molar-refractivity contribution in [1.29, 1.82) is 0 Å². The van der Waals surface area contributed by atoms with Gasteiger partial charge < -0.3 is 9.64 Å². The van der Waals surface area contributed by atoms with Crippen LogP contribution in [0.1, 0.15) is 25.3 Å². The molecule has 1 heterocycles. The molecule has 1 aromatic rings. The maximum absolute atomic E-state index is 11.2. The van der Waals surface area contributed by atoms with Crippen molar-refractivity contribution in [1.82, 2.24) is 4.90 Å². The highest BCUT2D eigenvalue weighted by atomic mass is 16.5. The maximum Gasteiger partial charge on any atom is 0.219 e. The van der Waals surface area contributed by atoms with Gasteiger partial charge >= 0.3 is 0 Å². The molecule has 92 valence electrons. The highest BCUT2D eigenvalue weighted by Crippen LogP contribution is 2.19. The molecular weight excluding hydrogens is 214 g/mol. The first-order valence-corrected chi connectivity index (χ1v) is 6.14. The second-order valence-electron chi connectivity index (χ2n) is 4.64. The Morgan fingerprint density at radius 1 is 1.24 bits per heavy atom. The minimum Gasteiger partial charge on any atom is -0.490 e. The summed E-state index contributed by atoms with van der Waals surface area (Å²) in [7, 11) is 0. The molecule has 1 saturated heterocycles. The fourth-order valence-corrected chi connectivity index (χ4v) is 2.10. The second kappa shape index (κ2) is 5.21. The summed E-state index contributed by atoms with van der Waals surface area (Å²) >= 11 is 0. The highest BCUT2D eigenvalue weighted by molar-refractivity contribution is 5.73. The fraction of sp³-hybridized carbons (Fsp3) is 0.500. The van der Waals surface area contributed by atoms with Gasteiger partial charge in [-0.3, -0.25) is 4.79 Å². The molecule has 1 aliphatic heterocycles. The van der Waals surface area contributed by atoms with E-state index in [-0.39, 0.29) is 12.0 Å². The lowest BCUT2D eigenvalue weighted by Gasteiger charge is -2.31. The fourth-order valence-electron chi connectivity index (χ4n) is 2.10. The Morgan fingerprint density at radius 3 is 2.35 bits per heavy atom. The molecule has 0 spiro atoms. The van der Waals surface area contributed by atoms with Crippen LogP contribution in [0, 0.1) is 6.92 Å². The summed E-state index contributed by atoms with van der Waals surface area (Å²) in [6.07, 6.45) is 2.09. The number of nitrogens with zero attached hydrogens (tertiary/aromatic N) is 1. The predicted octanol–water partition coefficient (Wildman–Crippen LogP) is 2.38. The quantitative estimate of drug-likeness (QED) is 0.785. The molecule has 1 aromatic carbocycles. The van der Waals surface area contributed by atoms with Crippen LogP contribution in [-0.4, -0.2) is 30.0 Å². The third-order valence-electron chi connectivity index (χ3n) is 3.21. The summed E-state index contributed by atoms with van der Waals surface area (Å²) < 4.78 is 5.90. The van der Waals surface area contributed by atoms with Gasteiger partial charge in [0.2, 0.25) is 5.91 Å². The summed E-state index contributed by atoms with van der Waals surface area (Å²) in [5.41, 5.74) is 1.24. The van der Waals surface area contributed by atoms with E-state index in [4.69, 9.17) is 4.74 Å². The van der Waals surface area contributed by atoms with Gasteiger partial charge in [0.1, 0.15) is 11.9 Å². The van der Waals surface area contributed by atoms with E-state index < -0.39 is 0 Å². The molecule has 1 aliphatic rings. The topological polar surface area (TPSA) is 29.5 Å². The number of ether oxygens (including phenoxy) is 1. The number of carbonyl (C=O) groups excluding carboxylic acids is 1. The molecule has 3 heteroatoms. The molecule has 3 nitrogen and oxygen atoms in total. The number of piperidine rings is 1. The minimum absolute atomic E-state index is 0.166. The van der Waals surface area contributed by atoms with Crippen molar-refractivity contribution in [3.05, 3.63) is 29.8 Å². The van der Waals surface area contributed by atoms with Gasteiger partial charge in [-0.15, -0.1) is 0 Å². The Balaban J connectivity index is 1.85. The number of hydrogen-bond donors (Lipinski definition) is 0. The number of carbonyl (C=O) groups is 1. The predicted molar refractivity (Wildman–Crippen MR) is 67.1 cm³/mol. The average Bonchev–Trinajstić information content (AvgIpc) is 2.33. The Bertz CT molecular complexity index is 378. The lowest BCUT2D eigenvalue weighted by molar-refractivity contribution is -0.130. The van der Waals surface area contributed by atoms with Crippen LogP contribution in [-0.2, 0) is 4.79 Å². The first-order valence-electron chi connectivity index (χ1n) is 6.14. The van der Waals surface area contributed by atoms with Gasteiger partial charge in [-0.1, -0.05) is 17.7 Å². The van der Waals surface area contributed by atoms with Crippen molar-refractivity contribution in [2.75, 3.05) is 13.1 Å². The Kier molecular flexibility index (Phi) is 3.67. The van der Waals surface area contributed by atoms with Crippen LogP contribution >= 0.6 is 0 Å². The van der Waals surface area contributed by atoms with Crippen molar-refractivity contribution in [3.63, 3.8) is 0 Å². The molecule has 17 heavy (non-hydrogen) atoms. The van der Waals surface area contributed by atoms with E-state index in [1.807, 2.05) is 17.0 Å². The lowest BCUT2D eigenvalue weighted by atomic mass is 10.1. The van der Waals surface area contributed by atoms with Gasteiger partial charge in [0.15, 0.2) is 0 Å². The molecule has 2 rings (SSSR count). The number of amides is 1. The van der Waals surface area contributed by atoms with E-state index in [2.05, 4.69) is 19.1 Å². The third-order valence-corrected chi connectivity index (χ3v) is 3.21. The minimum atomic E-state index is 0.166. The van der Waals surface area contributed by atoms with Crippen LogP contribution in [0.2, 0.25) is 0 Å². The molecule has 0 aliphatic carbocycles.